The van der Waals surface area contributed by atoms with E-state index >= 15 is 0 Å². The standard InChI is InChI=1S/C18H28/c1-3-4-5-6-16-9-13-18(14-10-16)17-11-7-15(2)8-12-17/h7-8,11-12,16,18H,3-6,9-10,13-14H2,1-2H3/t16-,18-. The molecule has 1 fully saturated rings. The highest BCUT2D eigenvalue weighted by Gasteiger charge is 2.21. The molecule has 0 aliphatic heterocycles. The number of unbranched alkanes of at least 4 members (excludes halogenated alkanes) is 2. The molecule has 0 radical (unpaired) electrons. The zero-order chi connectivity index (χ0) is 12.8. The van der Waals surface area contributed by atoms with E-state index in [2.05, 4.69) is 38.1 Å². The van der Waals surface area contributed by atoms with Crippen molar-refractivity contribution in [1.82, 2.24) is 0 Å². The predicted octanol–water partition coefficient (Wildman–Crippen LogP) is 5.85. The molecular formula is C18H28. The maximum absolute atomic E-state index is 2.34. The summed E-state index contributed by atoms with van der Waals surface area (Å²) in [6, 6.07) is 9.22. The van der Waals surface area contributed by atoms with Gasteiger partial charge in [-0.15, -0.1) is 0 Å². The molecule has 0 heteroatoms. The lowest BCUT2D eigenvalue weighted by atomic mass is 9.77. The minimum Gasteiger partial charge on any atom is -0.0654 e. The van der Waals surface area contributed by atoms with Crippen molar-refractivity contribution < 1.29 is 0 Å². The van der Waals surface area contributed by atoms with E-state index in [4.69, 9.17) is 0 Å². The van der Waals surface area contributed by atoms with Crippen LogP contribution in [0.4, 0.5) is 0 Å². The Hall–Kier alpha value is -0.780. The number of aryl methyl sites for hydroxylation is 1. The van der Waals surface area contributed by atoms with E-state index in [1.807, 2.05) is 0 Å². The van der Waals surface area contributed by atoms with Crippen LogP contribution in [-0.2, 0) is 0 Å². The molecule has 0 aromatic heterocycles. The van der Waals surface area contributed by atoms with Crippen LogP contribution in [0, 0.1) is 12.8 Å². The van der Waals surface area contributed by atoms with Crippen molar-refractivity contribution in [3.63, 3.8) is 0 Å². The lowest BCUT2D eigenvalue weighted by Crippen LogP contribution is -2.13. The van der Waals surface area contributed by atoms with Gasteiger partial charge in [0.15, 0.2) is 0 Å². The summed E-state index contributed by atoms with van der Waals surface area (Å²) in [6.45, 7) is 4.47. The van der Waals surface area contributed by atoms with Crippen molar-refractivity contribution in [2.75, 3.05) is 0 Å². The molecular weight excluding hydrogens is 216 g/mol. The van der Waals surface area contributed by atoms with E-state index in [0.29, 0.717) is 0 Å². The van der Waals surface area contributed by atoms with Crippen molar-refractivity contribution >= 4 is 0 Å². The molecule has 0 spiro atoms. The molecule has 1 aromatic rings. The summed E-state index contributed by atoms with van der Waals surface area (Å²) < 4.78 is 0. The van der Waals surface area contributed by atoms with Crippen LogP contribution in [0.3, 0.4) is 0 Å². The maximum atomic E-state index is 2.34. The number of hydrogen-bond donors (Lipinski definition) is 0. The predicted molar refractivity (Wildman–Crippen MR) is 80.0 cm³/mol. The Morgan fingerprint density at radius 3 is 2.22 bits per heavy atom. The molecule has 18 heavy (non-hydrogen) atoms. The fourth-order valence-electron chi connectivity index (χ4n) is 3.31. The lowest BCUT2D eigenvalue weighted by Gasteiger charge is -2.29. The molecule has 0 unspecified atom stereocenters. The van der Waals surface area contributed by atoms with Gasteiger partial charge in [0.05, 0.1) is 0 Å². The number of hydrogen-bond acceptors (Lipinski definition) is 0. The second-order valence-electron chi connectivity index (χ2n) is 6.12. The van der Waals surface area contributed by atoms with Crippen LogP contribution >= 0.6 is 0 Å². The highest BCUT2D eigenvalue weighted by molar-refractivity contribution is 5.24. The van der Waals surface area contributed by atoms with Crippen LogP contribution in [0.25, 0.3) is 0 Å². The summed E-state index contributed by atoms with van der Waals surface area (Å²) in [6.07, 6.45) is 11.5. The molecule has 0 saturated heterocycles. The lowest BCUT2D eigenvalue weighted by molar-refractivity contribution is 0.303. The van der Waals surface area contributed by atoms with E-state index < -0.39 is 0 Å². The zero-order valence-corrected chi connectivity index (χ0v) is 12.1. The van der Waals surface area contributed by atoms with Gasteiger partial charge in [-0.25, -0.2) is 0 Å². The number of benzene rings is 1. The van der Waals surface area contributed by atoms with Gasteiger partial charge in [0.2, 0.25) is 0 Å². The highest BCUT2D eigenvalue weighted by atomic mass is 14.3. The van der Waals surface area contributed by atoms with Gasteiger partial charge in [-0.2, -0.15) is 0 Å². The molecule has 0 nitrogen and oxygen atoms in total. The monoisotopic (exact) mass is 244 g/mol. The summed E-state index contributed by atoms with van der Waals surface area (Å²) in [5.74, 6) is 1.87. The molecule has 0 amide bonds. The second kappa shape index (κ2) is 6.97. The molecule has 1 aliphatic rings. The molecule has 0 atom stereocenters. The third-order valence-electron chi connectivity index (χ3n) is 4.61. The fourth-order valence-corrected chi connectivity index (χ4v) is 3.31. The molecule has 0 bridgehead atoms. The third kappa shape index (κ3) is 3.86. The van der Waals surface area contributed by atoms with Gasteiger partial charge >= 0.3 is 0 Å². The van der Waals surface area contributed by atoms with Crippen LogP contribution in [0.5, 0.6) is 0 Å². The largest absolute Gasteiger partial charge is 0.0654 e. The molecule has 1 aromatic carbocycles. The summed E-state index contributed by atoms with van der Waals surface area (Å²) in [7, 11) is 0. The number of rotatable bonds is 5. The van der Waals surface area contributed by atoms with Crippen LogP contribution in [-0.4, -0.2) is 0 Å². The maximum Gasteiger partial charge on any atom is -0.0162 e. The first kappa shape index (κ1) is 13.6. The highest BCUT2D eigenvalue weighted by Crippen LogP contribution is 2.37. The van der Waals surface area contributed by atoms with Crippen molar-refractivity contribution in [2.24, 2.45) is 5.92 Å². The van der Waals surface area contributed by atoms with E-state index in [0.717, 1.165) is 11.8 Å². The van der Waals surface area contributed by atoms with E-state index in [-0.39, 0.29) is 0 Å². The second-order valence-corrected chi connectivity index (χ2v) is 6.12. The molecule has 2 rings (SSSR count). The van der Waals surface area contributed by atoms with Crippen LogP contribution in [0.1, 0.15) is 75.3 Å². The first-order chi connectivity index (χ1) is 8.79. The Bertz CT molecular complexity index is 328. The summed E-state index contributed by atoms with van der Waals surface area (Å²) in [4.78, 5) is 0. The van der Waals surface area contributed by atoms with Crippen molar-refractivity contribution in [3.05, 3.63) is 35.4 Å². The topological polar surface area (TPSA) is 0 Å². The average Bonchev–Trinajstić information content (AvgIpc) is 2.41. The average molecular weight is 244 g/mol. The van der Waals surface area contributed by atoms with Gasteiger partial charge in [0.1, 0.15) is 0 Å². The summed E-state index contributed by atoms with van der Waals surface area (Å²) in [5, 5.41) is 0. The summed E-state index contributed by atoms with van der Waals surface area (Å²) in [5.41, 5.74) is 2.96. The smallest absolute Gasteiger partial charge is 0.0162 e. The van der Waals surface area contributed by atoms with Gasteiger partial charge < -0.3 is 0 Å². The summed E-state index contributed by atoms with van der Waals surface area (Å²) >= 11 is 0. The van der Waals surface area contributed by atoms with Gasteiger partial charge in [-0.3, -0.25) is 0 Å². The van der Waals surface area contributed by atoms with Crippen molar-refractivity contribution in [3.8, 4) is 0 Å². The first-order valence-corrected chi connectivity index (χ1v) is 7.86. The van der Waals surface area contributed by atoms with E-state index in [1.165, 1.54) is 56.9 Å². The Morgan fingerprint density at radius 1 is 0.944 bits per heavy atom. The SMILES string of the molecule is CCCCC[C@H]1CC[C@H](c2ccc(C)cc2)CC1. The van der Waals surface area contributed by atoms with Crippen LogP contribution in [0.15, 0.2) is 24.3 Å². The van der Waals surface area contributed by atoms with Gasteiger partial charge in [-0.05, 0) is 50.0 Å². The van der Waals surface area contributed by atoms with Gasteiger partial charge in [0.25, 0.3) is 0 Å². The minimum absolute atomic E-state index is 0.841. The first-order valence-electron chi connectivity index (χ1n) is 7.86. The fraction of sp³-hybridized carbons (Fsp3) is 0.667. The van der Waals surface area contributed by atoms with Crippen LogP contribution < -0.4 is 0 Å². The minimum atomic E-state index is 0.841. The molecule has 100 valence electrons. The zero-order valence-electron chi connectivity index (χ0n) is 12.1. The van der Waals surface area contributed by atoms with Crippen molar-refractivity contribution in [2.45, 2.75) is 71.1 Å². The molecule has 1 aliphatic carbocycles. The Balaban J connectivity index is 1.77. The molecule has 0 N–H and O–H groups in total. The third-order valence-corrected chi connectivity index (χ3v) is 4.61. The van der Waals surface area contributed by atoms with E-state index in [9.17, 15) is 0 Å². The Labute approximate surface area is 113 Å². The van der Waals surface area contributed by atoms with E-state index in [1.54, 1.807) is 5.56 Å². The normalized spacial score (nSPS) is 24.1. The molecule has 1 saturated carbocycles. The Morgan fingerprint density at radius 2 is 1.61 bits per heavy atom. The van der Waals surface area contributed by atoms with Gasteiger partial charge in [0, 0.05) is 0 Å². The quantitative estimate of drug-likeness (QED) is 0.570. The van der Waals surface area contributed by atoms with Gasteiger partial charge in [-0.1, -0.05) is 62.4 Å². The Kier molecular flexibility index (Phi) is 5.28. The molecule has 0 heterocycles. The van der Waals surface area contributed by atoms with Crippen LogP contribution in [0.2, 0.25) is 0 Å². The van der Waals surface area contributed by atoms with Crippen molar-refractivity contribution in [1.29, 1.82) is 0 Å².